The van der Waals surface area contributed by atoms with Crippen molar-refractivity contribution in [2.24, 2.45) is 10.9 Å². The van der Waals surface area contributed by atoms with Crippen LogP contribution in [0, 0.1) is 11.7 Å². The van der Waals surface area contributed by atoms with Crippen LogP contribution in [-0.2, 0) is 13.1 Å². The summed E-state index contributed by atoms with van der Waals surface area (Å²) in [6.07, 6.45) is 2.44. The highest BCUT2D eigenvalue weighted by Crippen LogP contribution is 2.36. The van der Waals surface area contributed by atoms with Crippen LogP contribution in [0.2, 0.25) is 0 Å². The molecule has 1 aliphatic rings. The van der Waals surface area contributed by atoms with Gasteiger partial charge in [0.1, 0.15) is 5.82 Å². The number of thiophene rings is 1. The van der Waals surface area contributed by atoms with Crippen molar-refractivity contribution < 1.29 is 4.39 Å². The third-order valence-electron chi connectivity index (χ3n) is 5.73. The largest absolute Gasteiger partial charge is 0.357 e. The van der Waals surface area contributed by atoms with Gasteiger partial charge in [-0.25, -0.2) is 9.38 Å². The summed E-state index contributed by atoms with van der Waals surface area (Å²) in [7, 11) is 6.13. The molecule has 0 spiro atoms. The Labute approximate surface area is 213 Å². The maximum absolute atomic E-state index is 14.1. The molecule has 0 radical (unpaired) electrons. The second-order valence-corrected chi connectivity index (χ2v) is 9.56. The Morgan fingerprint density at radius 3 is 2.78 bits per heavy atom. The number of hydrogen-bond donors (Lipinski definition) is 2. The summed E-state index contributed by atoms with van der Waals surface area (Å²) in [4.78, 5) is 10.7. The molecule has 2 N–H and O–H groups in total. The maximum atomic E-state index is 14.1. The number of nitrogens with zero attached hydrogens (tertiary/aromatic N) is 3. The highest BCUT2D eigenvalue weighted by molar-refractivity contribution is 14.0. The Bertz CT molecular complexity index is 843. The molecule has 2 unspecified atom stereocenters. The lowest BCUT2D eigenvalue weighted by Crippen LogP contribution is -2.44. The molecule has 1 aromatic heterocycles. The molecule has 8 heteroatoms. The van der Waals surface area contributed by atoms with Gasteiger partial charge in [-0.05, 0) is 82.5 Å². The van der Waals surface area contributed by atoms with Crippen molar-refractivity contribution in [3.63, 3.8) is 0 Å². The second-order valence-electron chi connectivity index (χ2n) is 8.58. The van der Waals surface area contributed by atoms with Gasteiger partial charge in [-0.15, -0.1) is 35.3 Å². The van der Waals surface area contributed by atoms with E-state index >= 15 is 0 Å². The molecular weight excluding hydrogens is 536 g/mol. The summed E-state index contributed by atoms with van der Waals surface area (Å²) in [6.45, 7) is 6.02. The molecule has 1 saturated heterocycles. The number of guanidine groups is 1. The Morgan fingerprint density at radius 2 is 2.09 bits per heavy atom. The molecule has 1 aromatic carbocycles. The first-order valence-corrected chi connectivity index (χ1v) is 12.0. The first-order chi connectivity index (χ1) is 15.0. The van der Waals surface area contributed by atoms with Crippen LogP contribution in [0.5, 0.6) is 0 Å². The minimum atomic E-state index is -0.160. The lowest BCUT2D eigenvalue weighted by molar-refractivity contribution is 0.125. The first-order valence-electron chi connectivity index (χ1n) is 11.2. The van der Waals surface area contributed by atoms with E-state index in [0.717, 1.165) is 31.2 Å². The number of halogens is 2. The average Bonchev–Trinajstić information content (AvgIpc) is 3.26. The predicted molar refractivity (Wildman–Crippen MR) is 144 cm³/mol. The zero-order valence-electron chi connectivity index (χ0n) is 19.6. The molecular formula is C24H37FIN5S. The van der Waals surface area contributed by atoms with Crippen molar-refractivity contribution >= 4 is 41.3 Å². The van der Waals surface area contributed by atoms with Crippen molar-refractivity contribution in [3.8, 4) is 0 Å². The van der Waals surface area contributed by atoms with E-state index in [9.17, 15) is 4.39 Å². The lowest BCUT2D eigenvalue weighted by atomic mass is 9.88. The monoisotopic (exact) mass is 573 g/mol. The van der Waals surface area contributed by atoms with Crippen molar-refractivity contribution in [3.05, 3.63) is 57.5 Å². The minimum absolute atomic E-state index is 0. The van der Waals surface area contributed by atoms with Crippen LogP contribution >= 0.6 is 35.3 Å². The van der Waals surface area contributed by atoms with E-state index in [1.165, 1.54) is 17.7 Å². The summed E-state index contributed by atoms with van der Waals surface area (Å²) in [5, 5.41) is 9.09. The van der Waals surface area contributed by atoms with E-state index < -0.39 is 0 Å². The fourth-order valence-electron chi connectivity index (χ4n) is 4.31. The first kappa shape index (κ1) is 27.0. The Morgan fingerprint density at radius 1 is 1.28 bits per heavy atom. The van der Waals surface area contributed by atoms with E-state index in [4.69, 9.17) is 4.99 Å². The standard InChI is InChI=1S/C24H36FN5S.HI/c1-5-26-24(27-15-18-10-11-21(25)20(14-18)17-29(2)3)28-16-19-8-6-12-30(4)23(19)22-9-7-13-31-22;/h7,9-11,13-14,19,23H,5-6,8,12,15-17H2,1-4H3,(H2,26,27,28);1H. The molecule has 178 valence electrons. The van der Waals surface area contributed by atoms with Crippen LogP contribution in [0.3, 0.4) is 0 Å². The van der Waals surface area contributed by atoms with Gasteiger partial charge in [-0.2, -0.15) is 0 Å². The van der Waals surface area contributed by atoms with Crippen LogP contribution in [0.1, 0.15) is 41.8 Å². The zero-order valence-corrected chi connectivity index (χ0v) is 22.8. The summed E-state index contributed by atoms with van der Waals surface area (Å²) in [5.41, 5.74) is 1.73. The number of benzene rings is 1. The van der Waals surface area contributed by atoms with E-state index in [2.05, 4.69) is 47.0 Å². The third kappa shape index (κ3) is 7.67. The van der Waals surface area contributed by atoms with E-state index in [0.29, 0.717) is 30.6 Å². The van der Waals surface area contributed by atoms with Crippen LogP contribution in [0.25, 0.3) is 0 Å². The zero-order chi connectivity index (χ0) is 22.2. The minimum Gasteiger partial charge on any atom is -0.357 e. The van der Waals surface area contributed by atoms with Gasteiger partial charge in [0.2, 0.25) is 0 Å². The summed E-state index contributed by atoms with van der Waals surface area (Å²) in [5.74, 6) is 1.20. The van der Waals surface area contributed by atoms with Gasteiger partial charge < -0.3 is 15.5 Å². The summed E-state index contributed by atoms with van der Waals surface area (Å²) >= 11 is 1.85. The second kappa shape index (κ2) is 13.5. The summed E-state index contributed by atoms with van der Waals surface area (Å²) in [6, 6.07) is 10.1. The fourth-order valence-corrected chi connectivity index (χ4v) is 5.29. The Hall–Kier alpha value is -1.23. The van der Waals surface area contributed by atoms with Crippen LogP contribution in [0.15, 0.2) is 40.7 Å². The molecule has 5 nitrogen and oxygen atoms in total. The molecule has 0 aliphatic carbocycles. The van der Waals surface area contributed by atoms with Crippen LogP contribution in [-0.4, -0.2) is 56.5 Å². The van der Waals surface area contributed by atoms with Gasteiger partial charge in [-0.1, -0.05) is 12.1 Å². The molecule has 0 amide bonds. The number of hydrogen-bond acceptors (Lipinski definition) is 4. The Balaban J connectivity index is 0.00000363. The number of piperidine rings is 1. The number of rotatable bonds is 8. The fraction of sp³-hybridized carbons (Fsp3) is 0.542. The maximum Gasteiger partial charge on any atom is 0.191 e. The van der Waals surface area contributed by atoms with E-state index in [-0.39, 0.29) is 29.8 Å². The Kier molecular flexibility index (Phi) is 11.4. The average molecular weight is 574 g/mol. The molecule has 2 atom stereocenters. The number of nitrogens with one attached hydrogen (secondary N) is 2. The molecule has 1 fully saturated rings. The van der Waals surface area contributed by atoms with Gasteiger partial charge in [-0.3, -0.25) is 4.90 Å². The van der Waals surface area contributed by atoms with Gasteiger partial charge in [0.15, 0.2) is 5.96 Å². The highest BCUT2D eigenvalue weighted by Gasteiger charge is 2.31. The molecule has 3 rings (SSSR count). The molecule has 2 heterocycles. The molecule has 2 aromatic rings. The molecule has 1 aliphatic heterocycles. The quantitative estimate of drug-likeness (QED) is 0.273. The summed E-state index contributed by atoms with van der Waals surface area (Å²) < 4.78 is 14.1. The smallest absolute Gasteiger partial charge is 0.191 e. The van der Waals surface area contributed by atoms with E-state index in [1.807, 2.05) is 42.5 Å². The highest BCUT2D eigenvalue weighted by atomic mass is 127. The van der Waals surface area contributed by atoms with Gasteiger partial charge in [0.25, 0.3) is 0 Å². The van der Waals surface area contributed by atoms with Gasteiger partial charge in [0, 0.05) is 36.1 Å². The predicted octanol–water partition coefficient (Wildman–Crippen LogP) is 4.71. The number of aliphatic imine (C=N–C) groups is 1. The van der Waals surface area contributed by atoms with E-state index in [1.54, 1.807) is 6.07 Å². The van der Waals surface area contributed by atoms with Crippen molar-refractivity contribution in [1.82, 2.24) is 20.4 Å². The lowest BCUT2D eigenvalue weighted by Gasteiger charge is -2.39. The molecule has 0 saturated carbocycles. The molecule has 0 bridgehead atoms. The SMILES string of the molecule is CCNC(=NCc1ccc(F)c(CN(C)C)c1)NCC1CCCN(C)C1c1cccs1.I. The van der Waals surface area contributed by atoms with Crippen molar-refractivity contribution in [1.29, 1.82) is 0 Å². The normalized spacial score (nSPS) is 19.6. The molecule has 32 heavy (non-hydrogen) atoms. The van der Waals surface area contributed by atoms with Crippen LogP contribution < -0.4 is 10.6 Å². The third-order valence-corrected chi connectivity index (χ3v) is 6.68. The van der Waals surface area contributed by atoms with Gasteiger partial charge in [0.05, 0.1) is 6.54 Å². The topological polar surface area (TPSA) is 42.9 Å². The van der Waals surface area contributed by atoms with Gasteiger partial charge >= 0.3 is 0 Å². The van der Waals surface area contributed by atoms with Crippen LogP contribution in [0.4, 0.5) is 4.39 Å². The van der Waals surface area contributed by atoms with Crippen molar-refractivity contribution in [2.45, 2.75) is 38.9 Å². The van der Waals surface area contributed by atoms with Crippen molar-refractivity contribution in [2.75, 3.05) is 40.8 Å². The number of likely N-dealkylation sites (tertiary alicyclic amines) is 1.